The molecule has 1 saturated heterocycles. The maximum Gasteiger partial charge on any atom is 0.124 e. The van der Waals surface area contributed by atoms with Crippen LogP contribution in [0.15, 0.2) is 42.5 Å². The van der Waals surface area contributed by atoms with Crippen LogP contribution in [0.3, 0.4) is 0 Å². The summed E-state index contributed by atoms with van der Waals surface area (Å²) >= 11 is 6.15. The second-order valence-electron chi connectivity index (χ2n) is 6.65. The first kappa shape index (κ1) is 26.0. The summed E-state index contributed by atoms with van der Waals surface area (Å²) in [6.45, 7) is 6.83. The predicted molar refractivity (Wildman–Crippen MR) is 120 cm³/mol. The minimum absolute atomic E-state index is 0. The lowest BCUT2D eigenvalue weighted by atomic mass is 10.2. The Hall–Kier alpha value is -1.08. The van der Waals surface area contributed by atoms with E-state index in [2.05, 4.69) is 10.2 Å². The molecule has 162 valence electrons. The van der Waals surface area contributed by atoms with Gasteiger partial charge in [-0.1, -0.05) is 23.7 Å². The minimum Gasteiger partial charge on any atom is -0.489 e. The molecule has 3 rings (SSSR count). The molecule has 0 bridgehead atoms. The van der Waals surface area contributed by atoms with Crippen molar-refractivity contribution >= 4 is 36.4 Å². The molecule has 0 amide bonds. The van der Waals surface area contributed by atoms with Crippen molar-refractivity contribution in [1.29, 1.82) is 0 Å². The van der Waals surface area contributed by atoms with Gasteiger partial charge in [0.25, 0.3) is 0 Å². The Morgan fingerprint density at radius 3 is 2.52 bits per heavy atom. The highest BCUT2D eigenvalue weighted by molar-refractivity contribution is 6.30. The van der Waals surface area contributed by atoms with Crippen LogP contribution in [0.25, 0.3) is 0 Å². The van der Waals surface area contributed by atoms with Crippen molar-refractivity contribution in [3.05, 3.63) is 64.4 Å². The molecule has 8 heteroatoms. The van der Waals surface area contributed by atoms with Gasteiger partial charge < -0.3 is 14.8 Å². The molecule has 0 aromatic heterocycles. The average Bonchev–Trinajstić information content (AvgIpc) is 2.69. The predicted octanol–water partition coefficient (Wildman–Crippen LogP) is 4.71. The fraction of sp³-hybridized carbons (Fsp3) is 0.429. The van der Waals surface area contributed by atoms with Gasteiger partial charge in [0, 0.05) is 30.2 Å². The standard InChI is InChI=1S/C21H26ClFN2O2.2ClH/c22-19-4-7-21(27-16-17-2-5-20(23)6-3-17)18(14-19)15-24-8-1-9-25-10-12-26-13-11-25;;/h2-7,14,24H,1,8-13,15-16H2;2*1H. The topological polar surface area (TPSA) is 33.7 Å². The molecule has 29 heavy (non-hydrogen) atoms. The van der Waals surface area contributed by atoms with E-state index in [1.54, 1.807) is 12.1 Å². The van der Waals surface area contributed by atoms with Crippen LogP contribution in [0.2, 0.25) is 5.02 Å². The Balaban J connectivity index is 0.00000210. The summed E-state index contributed by atoms with van der Waals surface area (Å²) in [5, 5.41) is 4.16. The lowest BCUT2D eigenvalue weighted by Crippen LogP contribution is -2.37. The van der Waals surface area contributed by atoms with E-state index in [0.717, 1.165) is 62.7 Å². The molecule has 2 aromatic rings. The van der Waals surface area contributed by atoms with E-state index >= 15 is 0 Å². The number of nitrogens with zero attached hydrogens (tertiary/aromatic N) is 1. The van der Waals surface area contributed by atoms with Crippen LogP contribution in [0.5, 0.6) is 5.75 Å². The van der Waals surface area contributed by atoms with Gasteiger partial charge in [-0.05, 0) is 55.4 Å². The second-order valence-corrected chi connectivity index (χ2v) is 7.09. The van der Waals surface area contributed by atoms with Crippen molar-refractivity contribution in [3.63, 3.8) is 0 Å². The number of hydrogen-bond donors (Lipinski definition) is 1. The van der Waals surface area contributed by atoms with E-state index in [9.17, 15) is 4.39 Å². The van der Waals surface area contributed by atoms with Crippen molar-refractivity contribution in [2.75, 3.05) is 39.4 Å². The van der Waals surface area contributed by atoms with Gasteiger partial charge in [-0.15, -0.1) is 24.8 Å². The zero-order valence-electron chi connectivity index (χ0n) is 16.2. The van der Waals surface area contributed by atoms with Crippen molar-refractivity contribution in [2.45, 2.75) is 19.6 Å². The van der Waals surface area contributed by atoms with Gasteiger partial charge in [0.05, 0.1) is 13.2 Å². The fourth-order valence-electron chi connectivity index (χ4n) is 3.04. The third-order valence-corrected chi connectivity index (χ3v) is 4.81. The maximum atomic E-state index is 13.0. The number of nitrogens with one attached hydrogen (secondary N) is 1. The second kappa shape index (κ2) is 14.0. The lowest BCUT2D eigenvalue weighted by molar-refractivity contribution is 0.0374. The molecular weight excluding hydrogens is 438 g/mol. The van der Waals surface area contributed by atoms with Crippen LogP contribution in [0.4, 0.5) is 4.39 Å². The van der Waals surface area contributed by atoms with Crippen LogP contribution in [-0.2, 0) is 17.9 Å². The molecule has 0 spiro atoms. The molecule has 1 heterocycles. The Morgan fingerprint density at radius 2 is 1.79 bits per heavy atom. The molecule has 1 aliphatic heterocycles. The summed E-state index contributed by atoms with van der Waals surface area (Å²) in [6, 6.07) is 12.0. The molecule has 1 aliphatic rings. The molecule has 0 radical (unpaired) electrons. The highest BCUT2D eigenvalue weighted by atomic mass is 35.5. The Morgan fingerprint density at radius 1 is 1.07 bits per heavy atom. The lowest BCUT2D eigenvalue weighted by Gasteiger charge is -2.26. The monoisotopic (exact) mass is 464 g/mol. The van der Waals surface area contributed by atoms with E-state index in [4.69, 9.17) is 21.1 Å². The van der Waals surface area contributed by atoms with E-state index < -0.39 is 0 Å². The number of ether oxygens (including phenoxy) is 2. The van der Waals surface area contributed by atoms with Crippen molar-refractivity contribution < 1.29 is 13.9 Å². The largest absolute Gasteiger partial charge is 0.489 e. The van der Waals surface area contributed by atoms with E-state index in [1.165, 1.54) is 12.1 Å². The van der Waals surface area contributed by atoms with E-state index in [0.29, 0.717) is 18.2 Å². The molecular formula is C21H28Cl3FN2O2. The zero-order valence-corrected chi connectivity index (χ0v) is 18.6. The summed E-state index contributed by atoms with van der Waals surface area (Å²) in [4.78, 5) is 2.43. The normalized spacial score (nSPS) is 14.0. The van der Waals surface area contributed by atoms with Gasteiger partial charge >= 0.3 is 0 Å². The summed E-state index contributed by atoms with van der Waals surface area (Å²) in [5.74, 6) is 0.552. The van der Waals surface area contributed by atoms with Gasteiger partial charge in [0.2, 0.25) is 0 Å². The molecule has 0 unspecified atom stereocenters. The van der Waals surface area contributed by atoms with Crippen LogP contribution in [-0.4, -0.2) is 44.3 Å². The summed E-state index contributed by atoms with van der Waals surface area (Å²) < 4.78 is 24.3. The third kappa shape index (κ3) is 9.08. The van der Waals surface area contributed by atoms with Crippen LogP contribution in [0, 0.1) is 5.82 Å². The molecule has 0 atom stereocenters. The summed E-state index contributed by atoms with van der Waals surface area (Å²) in [5.41, 5.74) is 1.95. The Labute approximate surface area is 189 Å². The number of hydrogen-bond acceptors (Lipinski definition) is 4. The molecule has 2 aromatic carbocycles. The third-order valence-electron chi connectivity index (χ3n) is 4.58. The van der Waals surface area contributed by atoms with Gasteiger partial charge in [-0.25, -0.2) is 4.39 Å². The van der Waals surface area contributed by atoms with E-state index in [1.807, 2.05) is 18.2 Å². The molecule has 1 fully saturated rings. The minimum atomic E-state index is -0.243. The van der Waals surface area contributed by atoms with Crippen molar-refractivity contribution in [2.24, 2.45) is 0 Å². The SMILES string of the molecule is Cl.Cl.Fc1ccc(COc2ccc(Cl)cc2CNCCCN2CCOCC2)cc1. The van der Waals surface area contributed by atoms with Crippen LogP contribution in [0.1, 0.15) is 17.5 Å². The molecule has 1 N–H and O–H groups in total. The van der Waals surface area contributed by atoms with Gasteiger partial charge in [-0.2, -0.15) is 0 Å². The van der Waals surface area contributed by atoms with Crippen LogP contribution < -0.4 is 10.1 Å². The van der Waals surface area contributed by atoms with Gasteiger partial charge in [-0.3, -0.25) is 4.90 Å². The van der Waals surface area contributed by atoms with Gasteiger partial charge in [0.15, 0.2) is 0 Å². The highest BCUT2D eigenvalue weighted by Crippen LogP contribution is 2.24. The zero-order chi connectivity index (χ0) is 18.9. The first-order valence-electron chi connectivity index (χ1n) is 9.37. The van der Waals surface area contributed by atoms with E-state index in [-0.39, 0.29) is 30.6 Å². The first-order chi connectivity index (χ1) is 13.2. The first-order valence-corrected chi connectivity index (χ1v) is 9.75. The number of morpholine rings is 1. The molecule has 0 saturated carbocycles. The Kier molecular flexibility index (Phi) is 12.5. The highest BCUT2D eigenvalue weighted by Gasteiger charge is 2.09. The number of benzene rings is 2. The van der Waals surface area contributed by atoms with Crippen molar-refractivity contribution in [1.82, 2.24) is 10.2 Å². The smallest absolute Gasteiger partial charge is 0.124 e. The Bertz CT molecular complexity index is 714. The number of rotatable bonds is 9. The summed E-state index contributed by atoms with van der Waals surface area (Å²) in [6.07, 6.45) is 1.09. The van der Waals surface area contributed by atoms with Crippen LogP contribution >= 0.6 is 36.4 Å². The molecule has 4 nitrogen and oxygen atoms in total. The maximum absolute atomic E-state index is 13.0. The summed E-state index contributed by atoms with van der Waals surface area (Å²) in [7, 11) is 0. The quantitative estimate of drug-likeness (QED) is 0.544. The number of halogens is 4. The molecule has 0 aliphatic carbocycles. The fourth-order valence-corrected chi connectivity index (χ4v) is 3.24. The average molecular weight is 466 g/mol. The van der Waals surface area contributed by atoms with Gasteiger partial charge in [0.1, 0.15) is 18.2 Å². The van der Waals surface area contributed by atoms with Crippen molar-refractivity contribution in [3.8, 4) is 5.75 Å².